The highest BCUT2D eigenvalue weighted by atomic mass is 16.3. The molecule has 0 aliphatic carbocycles. The molecule has 1 aliphatic rings. The molecule has 1 aliphatic heterocycles. The summed E-state index contributed by atoms with van der Waals surface area (Å²) < 4.78 is 1.92. The van der Waals surface area contributed by atoms with Gasteiger partial charge in [-0.05, 0) is 44.0 Å². The van der Waals surface area contributed by atoms with E-state index in [0.29, 0.717) is 17.7 Å². The fourth-order valence-electron chi connectivity index (χ4n) is 3.75. The average molecular weight is 363 g/mol. The molecule has 0 spiro atoms. The van der Waals surface area contributed by atoms with Gasteiger partial charge in [0.2, 0.25) is 0 Å². The molecule has 1 fully saturated rings. The Labute approximate surface area is 156 Å². The van der Waals surface area contributed by atoms with Crippen molar-refractivity contribution in [2.24, 2.45) is 0 Å². The van der Waals surface area contributed by atoms with E-state index in [9.17, 15) is 15.2 Å². The number of benzene rings is 1. The minimum Gasteiger partial charge on any atom is -0.386 e. The summed E-state index contributed by atoms with van der Waals surface area (Å²) in [4.78, 5) is 17.3. The van der Waals surface area contributed by atoms with Crippen molar-refractivity contribution in [3.05, 3.63) is 58.1 Å². The Hall–Kier alpha value is -3.11. The number of aliphatic hydroxyl groups is 1. The smallest absolute Gasteiger partial charge is 0.268 e. The number of aromatic nitrogens is 3. The normalized spacial score (nSPS) is 17.4. The first kappa shape index (κ1) is 17.3. The van der Waals surface area contributed by atoms with Crippen molar-refractivity contribution in [3.8, 4) is 6.07 Å². The Kier molecular flexibility index (Phi) is 4.01. The van der Waals surface area contributed by atoms with E-state index in [1.165, 1.54) is 0 Å². The maximum atomic E-state index is 12.5. The molecule has 0 amide bonds. The molecule has 1 atom stereocenters. The van der Waals surface area contributed by atoms with Crippen LogP contribution in [0.5, 0.6) is 0 Å². The third-order valence-corrected chi connectivity index (χ3v) is 5.18. The van der Waals surface area contributed by atoms with Gasteiger partial charge in [-0.3, -0.25) is 9.48 Å². The van der Waals surface area contributed by atoms with Crippen LogP contribution in [0.1, 0.15) is 37.4 Å². The van der Waals surface area contributed by atoms with Gasteiger partial charge < -0.3 is 15.0 Å². The molecule has 0 bridgehead atoms. The third kappa shape index (κ3) is 2.98. The van der Waals surface area contributed by atoms with E-state index in [4.69, 9.17) is 0 Å². The number of anilines is 1. The monoisotopic (exact) mass is 363 g/mol. The molecule has 27 heavy (non-hydrogen) atoms. The number of fused-ring (bicyclic) bond motifs is 1. The second-order valence-corrected chi connectivity index (χ2v) is 7.48. The van der Waals surface area contributed by atoms with Crippen molar-refractivity contribution in [1.29, 1.82) is 5.26 Å². The van der Waals surface area contributed by atoms with Crippen LogP contribution in [-0.4, -0.2) is 33.0 Å². The van der Waals surface area contributed by atoms with Gasteiger partial charge in [0.1, 0.15) is 11.6 Å². The maximum absolute atomic E-state index is 12.5. The van der Waals surface area contributed by atoms with E-state index < -0.39 is 11.2 Å². The van der Waals surface area contributed by atoms with Crippen LogP contribution in [0.4, 0.5) is 5.69 Å². The van der Waals surface area contributed by atoms with Gasteiger partial charge in [0.25, 0.3) is 5.56 Å². The summed E-state index contributed by atoms with van der Waals surface area (Å²) in [7, 11) is 0. The minimum atomic E-state index is -1.02. The number of nitriles is 1. The molecule has 138 valence electrons. The van der Waals surface area contributed by atoms with Crippen molar-refractivity contribution in [3.63, 3.8) is 0 Å². The SMILES string of the molecule is CC(C)(O)c1ccc2[nH]c(=O)c(C#N)c(N3CC[C@@H](n4cccn4)C3)c2c1. The number of nitrogens with one attached hydrogen (secondary N) is 1. The topological polar surface area (TPSA) is 97.9 Å². The zero-order valence-electron chi connectivity index (χ0n) is 15.3. The summed E-state index contributed by atoms with van der Waals surface area (Å²) in [6.07, 6.45) is 4.56. The second kappa shape index (κ2) is 6.25. The summed E-state index contributed by atoms with van der Waals surface area (Å²) in [5.74, 6) is 0. The van der Waals surface area contributed by atoms with Gasteiger partial charge in [0.05, 0.1) is 22.8 Å². The lowest BCUT2D eigenvalue weighted by Crippen LogP contribution is -2.26. The average Bonchev–Trinajstić information content (AvgIpc) is 3.30. The van der Waals surface area contributed by atoms with Crippen LogP contribution in [0.15, 0.2) is 41.5 Å². The molecule has 2 N–H and O–H groups in total. The number of pyridine rings is 1. The van der Waals surface area contributed by atoms with Crippen molar-refractivity contribution < 1.29 is 5.11 Å². The number of nitrogens with zero attached hydrogens (tertiary/aromatic N) is 4. The van der Waals surface area contributed by atoms with Gasteiger partial charge in [-0.2, -0.15) is 10.4 Å². The van der Waals surface area contributed by atoms with Crippen molar-refractivity contribution in [2.75, 3.05) is 18.0 Å². The van der Waals surface area contributed by atoms with E-state index in [1.807, 2.05) is 23.0 Å². The largest absolute Gasteiger partial charge is 0.386 e. The van der Waals surface area contributed by atoms with Crippen LogP contribution in [0, 0.1) is 11.3 Å². The van der Waals surface area contributed by atoms with Crippen molar-refractivity contribution in [1.82, 2.24) is 14.8 Å². The third-order valence-electron chi connectivity index (χ3n) is 5.18. The van der Waals surface area contributed by atoms with Crippen LogP contribution < -0.4 is 10.5 Å². The first-order valence-corrected chi connectivity index (χ1v) is 8.95. The molecule has 3 heterocycles. The molecular weight excluding hydrogens is 342 g/mol. The summed E-state index contributed by atoms with van der Waals surface area (Å²) in [5.41, 5.74) is 0.725. The number of H-pyrrole nitrogens is 1. The van der Waals surface area contributed by atoms with Crippen LogP contribution >= 0.6 is 0 Å². The van der Waals surface area contributed by atoms with Gasteiger partial charge in [-0.25, -0.2) is 0 Å². The Bertz CT molecular complexity index is 1090. The highest BCUT2D eigenvalue weighted by Gasteiger charge is 2.29. The van der Waals surface area contributed by atoms with Gasteiger partial charge >= 0.3 is 0 Å². The molecule has 3 aromatic rings. The molecule has 2 aromatic heterocycles. The predicted molar refractivity (Wildman–Crippen MR) is 103 cm³/mol. The number of hydrogen-bond donors (Lipinski definition) is 2. The van der Waals surface area contributed by atoms with Crippen molar-refractivity contribution >= 4 is 16.6 Å². The lowest BCUT2D eigenvalue weighted by molar-refractivity contribution is 0.0787. The molecule has 0 unspecified atom stereocenters. The Morgan fingerprint density at radius 2 is 2.22 bits per heavy atom. The Morgan fingerprint density at radius 1 is 1.41 bits per heavy atom. The molecule has 1 aromatic carbocycles. The Balaban J connectivity index is 1.87. The van der Waals surface area contributed by atoms with Gasteiger partial charge in [-0.1, -0.05) is 6.07 Å². The maximum Gasteiger partial charge on any atom is 0.268 e. The van der Waals surface area contributed by atoms with E-state index >= 15 is 0 Å². The van der Waals surface area contributed by atoms with Crippen LogP contribution in [0.3, 0.4) is 0 Å². The van der Waals surface area contributed by atoms with E-state index in [2.05, 4.69) is 21.1 Å². The standard InChI is InChI=1S/C20H21N5O2/c1-20(2,27)13-4-5-17-15(10-13)18(16(11-21)19(26)23-17)24-9-6-14(12-24)25-8-3-7-22-25/h3-5,7-8,10,14,27H,6,9,12H2,1-2H3,(H,23,26)/t14-/m1/s1. The van der Waals surface area contributed by atoms with Gasteiger partial charge in [0.15, 0.2) is 0 Å². The molecular formula is C20H21N5O2. The molecule has 1 saturated heterocycles. The highest BCUT2D eigenvalue weighted by Crippen LogP contribution is 2.35. The zero-order chi connectivity index (χ0) is 19.2. The van der Waals surface area contributed by atoms with E-state index in [1.54, 1.807) is 32.2 Å². The first-order valence-electron chi connectivity index (χ1n) is 8.95. The van der Waals surface area contributed by atoms with Gasteiger partial charge in [-0.15, -0.1) is 0 Å². The molecule has 0 saturated carbocycles. The lowest BCUT2D eigenvalue weighted by Gasteiger charge is -2.24. The van der Waals surface area contributed by atoms with Crippen LogP contribution in [0.25, 0.3) is 10.9 Å². The van der Waals surface area contributed by atoms with Crippen molar-refractivity contribution in [2.45, 2.75) is 31.9 Å². The first-order chi connectivity index (χ1) is 12.9. The van der Waals surface area contributed by atoms with Crippen LogP contribution in [-0.2, 0) is 5.60 Å². The summed E-state index contributed by atoms with van der Waals surface area (Å²) in [6.45, 7) is 4.83. The number of aromatic amines is 1. The quantitative estimate of drug-likeness (QED) is 0.744. The highest BCUT2D eigenvalue weighted by molar-refractivity contribution is 5.95. The molecule has 0 radical (unpaired) electrons. The zero-order valence-corrected chi connectivity index (χ0v) is 15.3. The predicted octanol–water partition coefficient (Wildman–Crippen LogP) is 2.28. The Morgan fingerprint density at radius 3 is 2.89 bits per heavy atom. The molecule has 7 nitrogen and oxygen atoms in total. The second-order valence-electron chi connectivity index (χ2n) is 7.48. The van der Waals surface area contributed by atoms with E-state index in [0.717, 1.165) is 23.9 Å². The van der Waals surface area contributed by atoms with Gasteiger partial charge in [0, 0.05) is 30.9 Å². The van der Waals surface area contributed by atoms with Crippen LogP contribution in [0.2, 0.25) is 0 Å². The fourth-order valence-corrected chi connectivity index (χ4v) is 3.75. The summed E-state index contributed by atoms with van der Waals surface area (Å²) >= 11 is 0. The van der Waals surface area contributed by atoms with E-state index in [-0.39, 0.29) is 11.6 Å². The minimum absolute atomic E-state index is 0.108. The number of hydrogen-bond acceptors (Lipinski definition) is 5. The lowest BCUT2D eigenvalue weighted by atomic mass is 9.95. The number of rotatable bonds is 3. The molecule has 4 rings (SSSR count). The molecule has 7 heteroatoms. The summed E-state index contributed by atoms with van der Waals surface area (Å²) in [6, 6.07) is 9.60. The fraction of sp³-hybridized carbons (Fsp3) is 0.350. The summed E-state index contributed by atoms with van der Waals surface area (Å²) in [5, 5.41) is 25.1.